The number of likely N-dealkylation sites (N-methyl/N-ethyl adjacent to an activating group) is 2. The molecule has 0 fully saturated rings. The van der Waals surface area contributed by atoms with E-state index in [-0.39, 0.29) is 68.1 Å². The Hall–Kier alpha value is -6.49. The van der Waals surface area contributed by atoms with Crippen LogP contribution in [-0.4, -0.2) is 121 Å². The molecule has 4 heterocycles. The lowest BCUT2D eigenvalue weighted by molar-refractivity contribution is -0.119. The number of anilines is 5. The minimum Gasteiger partial charge on any atom is -0.493 e. The van der Waals surface area contributed by atoms with Gasteiger partial charge in [0.15, 0.2) is 28.8 Å². The van der Waals surface area contributed by atoms with Crippen molar-refractivity contribution >= 4 is 83.6 Å². The lowest BCUT2D eigenvalue weighted by atomic mass is 10.1. The summed E-state index contributed by atoms with van der Waals surface area (Å²) in [5.41, 5.74) is 11.3. The van der Waals surface area contributed by atoms with Crippen molar-refractivity contribution in [3.8, 4) is 23.0 Å². The van der Waals surface area contributed by atoms with Crippen molar-refractivity contribution < 1.29 is 55.6 Å². The first-order valence-corrected chi connectivity index (χ1v) is 31.6. The van der Waals surface area contributed by atoms with Crippen molar-refractivity contribution in [2.24, 2.45) is 0 Å². The highest BCUT2D eigenvalue weighted by Gasteiger charge is 2.41. The van der Waals surface area contributed by atoms with Gasteiger partial charge in [-0.05, 0) is 117 Å². The predicted octanol–water partition coefficient (Wildman–Crippen LogP) is 9.80. The number of nitrogens with one attached hydrogen (secondary N) is 2. The molecule has 5 aromatic rings. The van der Waals surface area contributed by atoms with Gasteiger partial charge in [-0.2, -0.15) is 8.42 Å². The number of benzene rings is 5. The van der Waals surface area contributed by atoms with E-state index < -0.39 is 20.1 Å². The van der Waals surface area contributed by atoms with Crippen LogP contribution in [0.2, 0.25) is 0 Å². The number of hydroxylamine groups is 1. The standard InChI is InChI=1S/C61H74N6O12S3/c1-9-62-79-24-15-14-20-52(68)57(82(72,73)76-8)22-25-80-81-61(2,3)23-21-58(69)63-43-27-39(37-77-55-33-50-46(31-53(55)74-6)59(70)66-44(35-64(50)4)29-41-16-10-12-18-48(41)66)26-40(28-43)38-78-56-34-51-47(32-54(56)75-7)60(71)67-45(36-65(51)5)30-42-17-11-13-19-49(42)67/h10-13,16-19,26-28,31-34,44-45,57,62H,9,14-15,20-25,29-30,35-38H2,1-8H3,(H,63,69)/t44-,45-,57?/m0/s1. The number of hydrogen-bond acceptors (Lipinski definition) is 17. The number of para-hydroxylation sites is 2. The van der Waals surface area contributed by atoms with Crippen LogP contribution in [0.1, 0.15) is 102 Å². The van der Waals surface area contributed by atoms with Crippen LogP contribution < -0.4 is 49.3 Å². The van der Waals surface area contributed by atoms with Gasteiger partial charge in [0.25, 0.3) is 21.9 Å². The van der Waals surface area contributed by atoms with Crippen molar-refractivity contribution in [2.75, 3.05) is 92.3 Å². The highest BCUT2D eigenvalue weighted by Crippen LogP contribution is 2.45. The number of fused-ring (bicyclic) bond motifs is 8. The summed E-state index contributed by atoms with van der Waals surface area (Å²) < 4.78 is 54.9. The van der Waals surface area contributed by atoms with Gasteiger partial charge in [0.2, 0.25) is 5.91 Å². The van der Waals surface area contributed by atoms with Gasteiger partial charge >= 0.3 is 0 Å². The van der Waals surface area contributed by atoms with Crippen LogP contribution in [0.15, 0.2) is 91.0 Å². The van der Waals surface area contributed by atoms with Crippen LogP contribution in [0.25, 0.3) is 0 Å². The van der Waals surface area contributed by atoms with E-state index in [9.17, 15) is 27.6 Å². The number of nitrogens with zero attached hydrogens (tertiary/aromatic N) is 4. The second-order valence-electron chi connectivity index (χ2n) is 21.7. The van der Waals surface area contributed by atoms with Gasteiger partial charge in [0.1, 0.15) is 18.5 Å². The minimum absolute atomic E-state index is 0.0366. The molecule has 438 valence electrons. The largest absolute Gasteiger partial charge is 0.493 e. The van der Waals surface area contributed by atoms with E-state index in [0.717, 1.165) is 53.8 Å². The Bertz CT molecular complexity index is 3130. The second-order valence-corrected chi connectivity index (χ2v) is 26.7. The van der Waals surface area contributed by atoms with Crippen LogP contribution in [0, 0.1) is 0 Å². The van der Waals surface area contributed by atoms with E-state index in [4.69, 9.17) is 28.0 Å². The number of ether oxygens (including phenoxy) is 4. The number of ketones is 1. The Morgan fingerprint density at radius 3 is 1.76 bits per heavy atom. The molecule has 0 spiro atoms. The molecule has 4 aliphatic rings. The molecule has 9 rings (SSSR count). The molecule has 3 amide bonds. The third kappa shape index (κ3) is 13.6. The Morgan fingerprint density at radius 1 is 0.707 bits per heavy atom. The molecule has 82 heavy (non-hydrogen) atoms. The summed E-state index contributed by atoms with van der Waals surface area (Å²) in [5, 5.41) is 1.84. The van der Waals surface area contributed by atoms with Crippen LogP contribution in [0.5, 0.6) is 23.0 Å². The number of unbranched alkanes of at least 4 members (excludes halogenated alkanes) is 1. The lowest BCUT2D eigenvalue weighted by Crippen LogP contribution is -2.41. The third-order valence-electron chi connectivity index (χ3n) is 15.3. The minimum atomic E-state index is -4.09. The topological polar surface area (TPSA) is 195 Å². The molecule has 0 aliphatic carbocycles. The van der Waals surface area contributed by atoms with Gasteiger partial charge < -0.3 is 48.7 Å². The number of amides is 3. The second kappa shape index (κ2) is 26.4. The summed E-state index contributed by atoms with van der Waals surface area (Å²) in [5.74, 6) is 1.24. The average molecular weight is 1180 g/mol. The first-order valence-electron chi connectivity index (χ1n) is 27.8. The van der Waals surface area contributed by atoms with Crippen LogP contribution in [0.3, 0.4) is 0 Å². The van der Waals surface area contributed by atoms with Crippen molar-refractivity contribution in [2.45, 2.75) is 107 Å². The molecule has 21 heteroatoms. The van der Waals surface area contributed by atoms with E-state index in [1.54, 1.807) is 26.4 Å². The summed E-state index contributed by atoms with van der Waals surface area (Å²) in [6.45, 7) is 8.39. The zero-order valence-electron chi connectivity index (χ0n) is 47.9. The van der Waals surface area contributed by atoms with E-state index >= 15 is 0 Å². The van der Waals surface area contributed by atoms with Crippen molar-refractivity contribution in [1.29, 1.82) is 0 Å². The first-order chi connectivity index (χ1) is 39.4. The molecule has 0 radical (unpaired) electrons. The van der Waals surface area contributed by atoms with E-state index in [1.807, 2.05) is 111 Å². The van der Waals surface area contributed by atoms with Crippen molar-refractivity contribution in [3.05, 3.63) is 124 Å². The summed E-state index contributed by atoms with van der Waals surface area (Å²) in [6.07, 6.45) is 3.48. The smallest absolute Gasteiger partial charge is 0.277 e. The zero-order chi connectivity index (χ0) is 58.3. The number of Topliss-reactive ketones (excluding diaryl/α,β-unsaturated/α-hetero) is 1. The number of rotatable bonds is 27. The first kappa shape index (κ1) is 60.1. The highest BCUT2D eigenvalue weighted by atomic mass is 33.1. The molecule has 1 unspecified atom stereocenters. The summed E-state index contributed by atoms with van der Waals surface area (Å²) in [4.78, 5) is 68.9. The van der Waals surface area contributed by atoms with Gasteiger partial charge in [0, 0.05) is 86.3 Å². The summed E-state index contributed by atoms with van der Waals surface area (Å²) >= 11 is 0. The SMILES string of the molecule is CCNOCCCCC(=O)C(CCSSC(C)(C)CCC(=O)Nc1cc(COc2cc3c(cc2OC)C(=O)N2c4ccccc4C[C@H]2CN3C)cc(COc2cc3c(cc2OC)C(=O)N2c4ccccc4C[C@H]2CN3C)c1)S(=O)(=O)OC. The molecule has 2 N–H and O–H groups in total. The Balaban J connectivity index is 0.906. The van der Waals surface area contributed by atoms with E-state index in [1.165, 1.54) is 21.6 Å². The number of carbonyl (C=O) groups excluding carboxylic acids is 4. The normalized spacial score (nSPS) is 16.7. The molecule has 5 aromatic carbocycles. The fraction of sp³-hybridized carbons (Fsp3) is 0.443. The van der Waals surface area contributed by atoms with Gasteiger partial charge in [-0.15, -0.1) is 0 Å². The Labute approximate surface area is 489 Å². The average Bonchev–Trinajstić information content (AvgIpc) is 4.20. The van der Waals surface area contributed by atoms with Gasteiger partial charge in [-0.1, -0.05) is 64.9 Å². The van der Waals surface area contributed by atoms with Crippen molar-refractivity contribution in [3.63, 3.8) is 0 Å². The molecule has 4 aliphatic heterocycles. The lowest BCUT2D eigenvalue weighted by Gasteiger charge is -2.25. The summed E-state index contributed by atoms with van der Waals surface area (Å²) in [7, 11) is 7.04. The fourth-order valence-corrected chi connectivity index (χ4v) is 15.1. The number of carbonyl (C=O) groups is 4. The third-order valence-corrected chi connectivity index (χ3v) is 20.4. The zero-order valence-corrected chi connectivity index (χ0v) is 50.4. The van der Waals surface area contributed by atoms with Crippen molar-refractivity contribution in [1.82, 2.24) is 5.48 Å². The molecular weight excluding hydrogens is 1100 g/mol. The Kier molecular flexibility index (Phi) is 19.3. The summed E-state index contributed by atoms with van der Waals surface area (Å²) in [6, 6.07) is 28.8. The molecule has 3 atom stereocenters. The molecule has 0 aromatic heterocycles. The van der Waals surface area contributed by atoms with Gasteiger partial charge in [-0.3, -0.25) is 23.4 Å². The van der Waals surface area contributed by atoms with Crippen LogP contribution >= 0.6 is 21.6 Å². The molecule has 0 bridgehead atoms. The molecule has 0 saturated heterocycles. The maximum Gasteiger partial charge on any atom is 0.277 e. The Morgan fingerprint density at radius 2 is 1.24 bits per heavy atom. The number of hydrogen-bond donors (Lipinski definition) is 2. The van der Waals surface area contributed by atoms with Crippen LogP contribution in [0.4, 0.5) is 28.4 Å². The van der Waals surface area contributed by atoms with E-state index in [2.05, 4.69) is 32.7 Å². The molecular formula is C61H74N6O12S3. The van der Waals surface area contributed by atoms with Gasteiger partial charge in [0.05, 0.1) is 62.5 Å². The maximum absolute atomic E-state index is 14.3. The quantitative estimate of drug-likeness (QED) is 0.0218. The number of methoxy groups -OCH3 is 2. The molecule has 18 nitrogen and oxygen atoms in total. The predicted molar refractivity (Wildman–Crippen MR) is 324 cm³/mol. The maximum atomic E-state index is 14.3. The van der Waals surface area contributed by atoms with E-state index in [0.29, 0.717) is 102 Å². The van der Waals surface area contributed by atoms with Crippen LogP contribution in [-0.2, 0) is 54.8 Å². The fourth-order valence-electron chi connectivity index (χ4n) is 11.2. The molecule has 0 saturated carbocycles. The van der Waals surface area contributed by atoms with Gasteiger partial charge in [-0.25, -0.2) is 5.48 Å². The monoisotopic (exact) mass is 1180 g/mol. The highest BCUT2D eigenvalue weighted by molar-refractivity contribution is 8.77.